The highest BCUT2D eigenvalue weighted by atomic mass is 19.1. The maximum atomic E-state index is 14.5. The van der Waals surface area contributed by atoms with E-state index >= 15 is 0 Å². The van der Waals surface area contributed by atoms with Crippen molar-refractivity contribution in [3.63, 3.8) is 0 Å². The molecule has 0 aliphatic carbocycles. The molecule has 0 bridgehead atoms. The molecule has 0 spiro atoms. The van der Waals surface area contributed by atoms with Crippen LogP contribution in [-0.4, -0.2) is 74.7 Å². The number of piperidine rings is 1. The number of amides is 2. The highest BCUT2D eigenvalue weighted by molar-refractivity contribution is 5.94. The molecule has 4 N–H and O–H groups in total. The van der Waals surface area contributed by atoms with Gasteiger partial charge in [-0.25, -0.2) is 4.39 Å². The third kappa shape index (κ3) is 6.06. The highest BCUT2D eigenvalue weighted by Crippen LogP contribution is 2.24. The number of hydrogen-bond donors (Lipinski definition) is 4. The van der Waals surface area contributed by atoms with Crippen LogP contribution in [0.4, 0.5) is 22.0 Å². The van der Waals surface area contributed by atoms with Gasteiger partial charge in [0.2, 0.25) is 23.7 Å². The molecule has 2 aliphatic rings. The Hall–Kier alpha value is -4.06. The zero-order chi connectivity index (χ0) is 28.2. The molecule has 11 nitrogen and oxygen atoms in total. The van der Waals surface area contributed by atoms with E-state index in [1.54, 1.807) is 15.6 Å². The van der Waals surface area contributed by atoms with Gasteiger partial charge in [0.25, 0.3) is 0 Å². The van der Waals surface area contributed by atoms with Gasteiger partial charge in [-0.3, -0.25) is 9.59 Å². The maximum absolute atomic E-state index is 14.5. The van der Waals surface area contributed by atoms with E-state index in [4.69, 9.17) is 0 Å². The van der Waals surface area contributed by atoms with Gasteiger partial charge in [-0.2, -0.15) is 19.6 Å². The first-order valence-electron chi connectivity index (χ1n) is 13.7. The number of nitrogens with one attached hydrogen (secondary N) is 4. The second-order valence-corrected chi connectivity index (χ2v) is 10.6. The van der Waals surface area contributed by atoms with E-state index in [1.807, 2.05) is 24.3 Å². The Labute approximate surface area is 232 Å². The molecule has 4 heterocycles. The molecule has 12 heteroatoms. The monoisotopic (exact) mass is 549 g/mol. The van der Waals surface area contributed by atoms with Crippen LogP contribution in [0.25, 0.3) is 5.65 Å². The second kappa shape index (κ2) is 12.0. The van der Waals surface area contributed by atoms with Crippen molar-refractivity contribution >= 4 is 35.0 Å². The topological polar surface area (TPSA) is 129 Å². The molecular weight excluding hydrogens is 513 g/mol. The predicted octanol–water partition coefficient (Wildman–Crippen LogP) is 2.94. The molecule has 40 heavy (non-hydrogen) atoms. The van der Waals surface area contributed by atoms with Crippen molar-refractivity contribution in [2.24, 2.45) is 5.92 Å². The summed E-state index contributed by atoms with van der Waals surface area (Å²) in [6, 6.07) is 7.19. The lowest BCUT2D eigenvalue weighted by molar-refractivity contribution is -0.125. The SMILES string of the molecule is C=CC(=O)N1CCC(C(=O)Nc2cccc(CNc3nc(N[C@H]4CCNC[C@@H]4F)nc4c(C(C)C)cnn34)c2)C1. The minimum Gasteiger partial charge on any atom is -0.350 e. The number of likely N-dealkylation sites (tertiary alicyclic amines) is 1. The summed E-state index contributed by atoms with van der Waals surface area (Å²) in [5, 5.41) is 17.1. The van der Waals surface area contributed by atoms with Gasteiger partial charge in [0.15, 0.2) is 5.65 Å². The standard InChI is InChI=1S/C28H36FN9O2/c1-4-24(39)37-11-9-19(16-37)26(40)33-20-7-5-6-18(12-20)13-31-28-36-27(34-23-8-10-30-15-22(23)29)35-25-21(17(2)3)14-32-38(25)28/h4-7,12,14,17,19,22-23,30H,1,8-11,13,15-16H2,2-3H3,(H,33,40)(H2,31,34,35,36)/t19?,22-,23-/m0/s1. The van der Waals surface area contributed by atoms with Crippen LogP contribution in [0.5, 0.6) is 0 Å². The molecule has 1 aromatic carbocycles. The largest absolute Gasteiger partial charge is 0.350 e. The third-order valence-corrected chi connectivity index (χ3v) is 7.43. The summed E-state index contributed by atoms with van der Waals surface area (Å²) in [5.41, 5.74) is 3.24. The first-order chi connectivity index (χ1) is 19.3. The second-order valence-electron chi connectivity index (χ2n) is 10.6. The Bertz CT molecular complexity index is 1390. The summed E-state index contributed by atoms with van der Waals surface area (Å²) >= 11 is 0. The molecule has 2 amide bonds. The fraction of sp³-hybridized carbons (Fsp3) is 0.464. The number of aromatic nitrogens is 4. The average Bonchev–Trinajstić information content (AvgIpc) is 3.61. The molecular formula is C28H36FN9O2. The van der Waals surface area contributed by atoms with Crippen LogP contribution >= 0.6 is 0 Å². The van der Waals surface area contributed by atoms with Gasteiger partial charge in [-0.1, -0.05) is 32.6 Å². The quantitative estimate of drug-likeness (QED) is 0.300. The van der Waals surface area contributed by atoms with E-state index in [0.29, 0.717) is 62.3 Å². The average molecular weight is 550 g/mol. The molecule has 0 saturated carbocycles. The molecule has 3 atom stereocenters. The smallest absolute Gasteiger partial charge is 0.245 e. The number of rotatable bonds is 9. The number of alkyl halides is 1. The number of benzene rings is 1. The van der Waals surface area contributed by atoms with Crippen LogP contribution in [0.1, 0.15) is 43.7 Å². The minimum absolute atomic E-state index is 0.112. The molecule has 2 aliphatic heterocycles. The van der Waals surface area contributed by atoms with Crippen molar-refractivity contribution in [2.75, 3.05) is 42.1 Å². The zero-order valence-electron chi connectivity index (χ0n) is 22.9. The Balaban J connectivity index is 1.30. The Morgan fingerprint density at radius 3 is 2.90 bits per heavy atom. The number of anilines is 3. The van der Waals surface area contributed by atoms with E-state index in [2.05, 4.69) is 56.8 Å². The van der Waals surface area contributed by atoms with E-state index in [1.165, 1.54) is 6.08 Å². The van der Waals surface area contributed by atoms with Crippen LogP contribution in [-0.2, 0) is 16.1 Å². The van der Waals surface area contributed by atoms with Gasteiger partial charge < -0.3 is 26.2 Å². The van der Waals surface area contributed by atoms with Crippen molar-refractivity contribution in [3.8, 4) is 0 Å². The first kappa shape index (κ1) is 27.5. The van der Waals surface area contributed by atoms with Crippen LogP contribution in [0.3, 0.4) is 0 Å². The fourth-order valence-corrected chi connectivity index (χ4v) is 5.12. The van der Waals surface area contributed by atoms with E-state index in [-0.39, 0.29) is 29.7 Å². The van der Waals surface area contributed by atoms with Crippen LogP contribution < -0.4 is 21.3 Å². The number of carbonyl (C=O) groups is 2. The highest BCUT2D eigenvalue weighted by Gasteiger charge is 2.30. The molecule has 2 fully saturated rings. The van der Waals surface area contributed by atoms with Gasteiger partial charge >= 0.3 is 0 Å². The summed E-state index contributed by atoms with van der Waals surface area (Å²) in [5.74, 6) is 0.510. The number of hydrogen-bond acceptors (Lipinski definition) is 8. The fourth-order valence-electron chi connectivity index (χ4n) is 5.12. The van der Waals surface area contributed by atoms with Gasteiger partial charge in [0.1, 0.15) is 6.17 Å². The van der Waals surface area contributed by atoms with Gasteiger partial charge in [0, 0.05) is 37.4 Å². The normalized spacial score (nSPS) is 21.0. The van der Waals surface area contributed by atoms with Gasteiger partial charge in [-0.15, -0.1) is 0 Å². The van der Waals surface area contributed by atoms with Crippen LogP contribution in [0.2, 0.25) is 0 Å². The van der Waals surface area contributed by atoms with Crippen molar-refractivity contribution in [1.82, 2.24) is 29.8 Å². The molecule has 5 rings (SSSR count). The number of halogens is 1. The Morgan fingerprint density at radius 1 is 1.27 bits per heavy atom. The molecule has 3 aromatic rings. The Kier molecular flexibility index (Phi) is 8.24. The molecule has 212 valence electrons. The van der Waals surface area contributed by atoms with Crippen molar-refractivity contribution in [3.05, 3.63) is 54.2 Å². The van der Waals surface area contributed by atoms with Crippen LogP contribution in [0, 0.1) is 5.92 Å². The number of nitrogens with zero attached hydrogens (tertiary/aromatic N) is 5. The summed E-state index contributed by atoms with van der Waals surface area (Å²) < 4.78 is 16.2. The minimum atomic E-state index is -1.04. The lowest BCUT2D eigenvalue weighted by Crippen LogP contribution is -2.45. The molecule has 0 radical (unpaired) electrons. The van der Waals surface area contributed by atoms with Gasteiger partial charge in [0.05, 0.1) is 18.2 Å². The summed E-state index contributed by atoms with van der Waals surface area (Å²) in [6.45, 7) is 10.0. The Morgan fingerprint density at radius 2 is 2.12 bits per heavy atom. The van der Waals surface area contributed by atoms with Crippen molar-refractivity contribution < 1.29 is 14.0 Å². The molecule has 2 saturated heterocycles. The molecule has 2 aromatic heterocycles. The van der Waals surface area contributed by atoms with E-state index in [0.717, 1.165) is 17.7 Å². The predicted molar refractivity (Wildman–Crippen MR) is 152 cm³/mol. The lowest BCUT2D eigenvalue weighted by Gasteiger charge is -2.27. The van der Waals surface area contributed by atoms with E-state index < -0.39 is 6.17 Å². The first-order valence-corrected chi connectivity index (χ1v) is 13.7. The summed E-state index contributed by atoms with van der Waals surface area (Å²) in [6.07, 6.45) is 3.29. The number of fused-ring (bicyclic) bond motifs is 1. The summed E-state index contributed by atoms with van der Waals surface area (Å²) in [4.78, 5) is 35.7. The van der Waals surface area contributed by atoms with Crippen LogP contribution in [0.15, 0.2) is 43.1 Å². The van der Waals surface area contributed by atoms with Crippen molar-refractivity contribution in [2.45, 2.75) is 51.4 Å². The third-order valence-electron chi connectivity index (χ3n) is 7.43. The number of carbonyl (C=O) groups excluding carboxylic acids is 2. The zero-order valence-corrected chi connectivity index (χ0v) is 22.9. The lowest BCUT2D eigenvalue weighted by atomic mass is 10.1. The van der Waals surface area contributed by atoms with E-state index in [9.17, 15) is 14.0 Å². The maximum Gasteiger partial charge on any atom is 0.245 e. The summed E-state index contributed by atoms with van der Waals surface area (Å²) in [7, 11) is 0. The van der Waals surface area contributed by atoms with Crippen molar-refractivity contribution in [1.29, 1.82) is 0 Å². The van der Waals surface area contributed by atoms with Gasteiger partial charge in [-0.05, 0) is 49.1 Å². The molecule has 1 unspecified atom stereocenters.